The van der Waals surface area contributed by atoms with Crippen LogP contribution in [0.1, 0.15) is 25.7 Å². The Kier molecular flexibility index (Phi) is 2.70. The minimum absolute atomic E-state index is 0.107. The molecule has 2 aliphatic rings. The van der Waals surface area contributed by atoms with E-state index < -0.39 is 17.3 Å². The highest BCUT2D eigenvalue weighted by Gasteiger charge is 2.60. The molecule has 0 unspecified atom stereocenters. The van der Waals surface area contributed by atoms with E-state index in [2.05, 4.69) is 15.5 Å². The molecular weight excluding hydrogens is 264 g/mol. The van der Waals surface area contributed by atoms with Gasteiger partial charge in [0.2, 0.25) is 11.8 Å². The first kappa shape index (κ1) is 12.9. The molecule has 20 heavy (non-hydrogen) atoms. The second kappa shape index (κ2) is 4.19. The van der Waals surface area contributed by atoms with E-state index in [1.807, 2.05) is 13.8 Å². The number of aliphatic carboxylic acids is 1. The van der Waals surface area contributed by atoms with E-state index in [1.165, 1.54) is 0 Å². The number of carbonyl (C=O) groups is 2. The number of nitrogens with one attached hydrogen (secondary N) is 1. The van der Waals surface area contributed by atoms with Gasteiger partial charge in [-0.25, -0.2) is 0 Å². The summed E-state index contributed by atoms with van der Waals surface area (Å²) in [6.07, 6.45) is 0. The van der Waals surface area contributed by atoms with Crippen molar-refractivity contribution in [2.75, 3.05) is 24.5 Å². The molecule has 0 bridgehead atoms. The van der Waals surface area contributed by atoms with Crippen LogP contribution in [-0.4, -0.2) is 46.8 Å². The molecule has 2 aliphatic heterocycles. The summed E-state index contributed by atoms with van der Waals surface area (Å²) in [7, 11) is 0. The maximum absolute atomic E-state index is 11.8. The zero-order valence-corrected chi connectivity index (χ0v) is 11.3. The summed E-state index contributed by atoms with van der Waals surface area (Å²) in [4.78, 5) is 29.3. The van der Waals surface area contributed by atoms with Gasteiger partial charge in [0.05, 0.1) is 5.92 Å². The number of rotatable bonds is 3. The number of nitrogens with zero attached hydrogens (tertiary/aromatic N) is 3. The molecular formula is C12H16N4O4. The van der Waals surface area contributed by atoms with E-state index >= 15 is 0 Å². The highest BCUT2D eigenvalue weighted by molar-refractivity contribution is 5.93. The molecule has 0 aliphatic carbocycles. The summed E-state index contributed by atoms with van der Waals surface area (Å²) in [5.74, 6) is -0.781. The Balaban J connectivity index is 1.88. The Morgan fingerprint density at radius 3 is 2.90 bits per heavy atom. The van der Waals surface area contributed by atoms with Crippen molar-refractivity contribution >= 4 is 17.8 Å². The van der Waals surface area contributed by atoms with Crippen LogP contribution in [-0.2, 0) is 9.59 Å². The van der Waals surface area contributed by atoms with Gasteiger partial charge in [-0.05, 0) is 5.16 Å². The predicted molar refractivity (Wildman–Crippen MR) is 67.2 cm³/mol. The van der Waals surface area contributed by atoms with Crippen LogP contribution in [0.5, 0.6) is 0 Å². The van der Waals surface area contributed by atoms with Crippen LogP contribution in [0.25, 0.3) is 0 Å². The average Bonchev–Trinajstić information content (AvgIpc) is 3.04. The number of carboxylic acids is 1. The molecule has 3 heterocycles. The van der Waals surface area contributed by atoms with Crippen LogP contribution in [0, 0.1) is 11.3 Å². The number of hydrogen-bond donors (Lipinski definition) is 2. The number of anilines is 1. The fraction of sp³-hybridized carbons (Fsp3) is 0.667. The summed E-state index contributed by atoms with van der Waals surface area (Å²) < 4.78 is 5.13. The topological polar surface area (TPSA) is 109 Å². The first-order chi connectivity index (χ1) is 9.44. The van der Waals surface area contributed by atoms with Gasteiger partial charge in [0.25, 0.3) is 5.95 Å². The zero-order valence-electron chi connectivity index (χ0n) is 11.3. The van der Waals surface area contributed by atoms with Crippen LogP contribution in [0.2, 0.25) is 0 Å². The first-order valence-electron chi connectivity index (χ1n) is 6.54. The third kappa shape index (κ3) is 1.67. The van der Waals surface area contributed by atoms with E-state index in [-0.39, 0.29) is 24.9 Å². The van der Waals surface area contributed by atoms with Crippen LogP contribution in [0.15, 0.2) is 4.52 Å². The standard InChI is InChI=1S/C12H16N4O4/c1-6(2)9-14-11(15-20-9)16-3-7-8(17)13-4-12(7,5-16)10(18)19/h6-7H,3-5H2,1-2H3,(H,13,17)(H,18,19)/t7-,12+/m0/s1. The van der Waals surface area contributed by atoms with Gasteiger partial charge in [-0.3, -0.25) is 9.59 Å². The summed E-state index contributed by atoms with van der Waals surface area (Å²) in [5, 5.41) is 16.0. The third-order valence-corrected chi connectivity index (χ3v) is 4.07. The second-order valence-electron chi connectivity index (χ2n) is 5.70. The molecule has 8 nitrogen and oxygen atoms in total. The number of hydrogen-bond acceptors (Lipinski definition) is 6. The Hall–Kier alpha value is -2.12. The van der Waals surface area contributed by atoms with Crippen LogP contribution < -0.4 is 10.2 Å². The Bertz CT molecular complexity index is 570. The van der Waals surface area contributed by atoms with E-state index in [4.69, 9.17) is 4.52 Å². The van der Waals surface area contributed by atoms with Crippen molar-refractivity contribution in [1.82, 2.24) is 15.5 Å². The van der Waals surface area contributed by atoms with E-state index in [0.717, 1.165) is 0 Å². The summed E-state index contributed by atoms with van der Waals surface area (Å²) in [6.45, 7) is 4.53. The van der Waals surface area contributed by atoms with Crippen molar-refractivity contribution in [3.8, 4) is 0 Å². The molecule has 108 valence electrons. The minimum Gasteiger partial charge on any atom is -0.481 e. The minimum atomic E-state index is -1.09. The SMILES string of the molecule is CC(C)c1nc(N2C[C@H]3C(=O)NC[C@@]3(C(=O)O)C2)no1. The van der Waals surface area contributed by atoms with Crippen LogP contribution in [0.3, 0.4) is 0 Å². The number of carboxylic acid groups (broad SMARTS) is 1. The van der Waals surface area contributed by atoms with Gasteiger partial charge in [-0.2, -0.15) is 4.98 Å². The van der Waals surface area contributed by atoms with E-state index in [1.54, 1.807) is 4.90 Å². The Morgan fingerprint density at radius 2 is 2.35 bits per heavy atom. The molecule has 2 saturated heterocycles. The molecule has 8 heteroatoms. The highest BCUT2D eigenvalue weighted by Crippen LogP contribution is 2.41. The molecule has 2 N–H and O–H groups in total. The fourth-order valence-electron chi connectivity index (χ4n) is 2.83. The van der Waals surface area contributed by atoms with Crippen LogP contribution >= 0.6 is 0 Å². The van der Waals surface area contributed by atoms with Gasteiger partial charge >= 0.3 is 5.97 Å². The molecule has 0 radical (unpaired) electrons. The van der Waals surface area contributed by atoms with Crippen molar-refractivity contribution in [1.29, 1.82) is 0 Å². The van der Waals surface area contributed by atoms with Crippen molar-refractivity contribution in [3.63, 3.8) is 0 Å². The van der Waals surface area contributed by atoms with Gasteiger partial charge in [-0.1, -0.05) is 13.8 Å². The van der Waals surface area contributed by atoms with Crippen molar-refractivity contribution in [3.05, 3.63) is 5.89 Å². The van der Waals surface area contributed by atoms with Crippen molar-refractivity contribution in [2.45, 2.75) is 19.8 Å². The summed E-state index contributed by atoms with van der Waals surface area (Å²) >= 11 is 0. The quantitative estimate of drug-likeness (QED) is 0.791. The lowest BCUT2D eigenvalue weighted by Crippen LogP contribution is -2.40. The van der Waals surface area contributed by atoms with Crippen molar-refractivity contribution < 1.29 is 19.2 Å². The third-order valence-electron chi connectivity index (χ3n) is 4.07. The van der Waals surface area contributed by atoms with Gasteiger partial charge in [-0.15, -0.1) is 0 Å². The highest BCUT2D eigenvalue weighted by atomic mass is 16.5. The Labute approximate surface area is 115 Å². The predicted octanol–water partition coefficient (Wildman–Crippen LogP) is -0.170. The summed E-state index contributed by atoms with van der Waals surface area (Å²) in [6, 6.07) is 0. The van der Waals surface area contributed by atoms with Gasteiger partial charge in [0, 0.05) is 25.6 Å². The molecule has 1 aromatic heterocycles. The number of aromatic nitrogens is 2. The maximum atomic E-state index is 11.8. The van der Waals surface area contributed by atoms with Gasteiger partial charge < -0.3 is 19.8 Å². The molecule has 0 spiro atoms. The molecule has 3 rings (SSSR count). The van der Waals surface area contributed by atoms with Gasteiger partial charge in [0.1, 0.15) is 5.41 Å². The number of fused-ring (bicyclic) bond motifs is 1. The lowest BCUT2D eigenvalue weighted by atomic mass is 9.81. The number of carbonyl (C=O) groups excluding carboxylic acids is 1. The van der Waals surface area contributed by atoms with Crippen LogP contribution in [0.4, 0.5) is 5.95 Å². The first-order valence-corrected chi connectivity index (χ1v) is 6.54. The molecule has 0 saturated carbocycles. The van der Waals surface area contributed by atoms with E-state index in [9.17, 15) is 14.7 Å². The largest absolute Gasteiger partial charge is 0.481 e. The molecule has 0 aromatic carbocycles. The monoisotopic (exact) mass is 280 g/mol. The maximum Gasteiger partial charge on any atom is 0.314 e. The van der Waals surface area contributed by atoms with Crippen molar-refractivity contribution in [2.24, 2.45) is 11.3 Å². The molecule has 2 fully saturated rings. The zero-order chi connectivity index (χ0) is 14.5. The molecule has 1 aromatic rings. The normalized spacial score (nSPS) is 28.9. The fourth-order valence-corrected chi connectivity index (χ4v) is 2.83. The summed E-state index contributed by atoms with van der Waals surface area (Å²) in [5.41, 5.74) is -1.09. The Morgan fingerprint density at radius 1 is 1.60 bits per heavy atom. The smallest absolute Gasteiger partial charge is 0.314 e. The van der Waals surface area contributed by atoms with Gasteiger partial charge in [0.15, 0.2) is 0 Å². The average molecular weight is 280 g/mol. The molecule has 2 atom stereocenters. The molecule has 1 amide bonds. The van der Waals surface area contributed by atoms with E-state index in [0.29, 0.717) is 18.4 Å². The number of amides is 1. The lowest BCUT2D eigenvalue weighted by molar-refractivity contribution is -0.149. The second-order valence-corrected chi connectivity index (χ2v) is 5.70. The lowest BCUT2D eigenvalue weighted by Gasteiger charge is -2.20.